The van der Waals surface area contributed by atoms with E-state index in [1.54, 1.807) is 36.4 Å². The largest absolute Gasteiger partial charge is 0.489 e. The molecule has 41 heavy (non-hydrogen) atoms. The van der Waals surface area contributed by atoms with Crippen LogP contribution in [0.3, 0.4) is 0 Å². The Hall–Kier alpha value is -4.93. The van der Waals surface area contributed by atoms with Gasteiger partial charge in [-0.05, 0) is 66.9 Å². The normalized spacial score (nSPS) is 14.0. The monoisotopic (exact) mass is 566 g/mol. The van der Waals surface area contributed by atoms with E-state index in [-0.39, 0.29) is 18.2 Å². The first-order chi connectivity index (χ1) is 19.8. The van der Waals surface area contributed by atoms with Crippen LogP contribution in [0.25, 0.3) is 0 Å². The number of carbonyl (C=O) groups excluding carboxylic acids is 1. The van der Waals surface area contributed by atoms with E-state index < -0.39 is 11.9 Å². The molecule has 1 heterocycles. The summed E-state index contributed by atoms with van der Waals surface area (Å²) in [5.74, 6) is 0.810. The van der Waals surface area contributed by atoms with Gasteiger partial charge >= 0.3 is 5.97 Å². The summed E-state index contributed by atoms with van der Waals surface area (Å²) >= 11 is 6.04. The average molecular weight is 567 g/mol. The molecular weight excluding hydrogens is 540 g/mol. The minimum Gasteiger partial charge on any atom is -0.489 e. The number of fused-ring (bicyclic) bond motifs is 1. The Bertz CT molecular complexity index is 1660. The third-order valence-electron chi connectivity index (χ3n) is 6.65. The zero-order valence-electron chi connectivity index (χ0n) is 22.5. The topological polar surface area (TPSA) is 104 Å². The van der Waals surface area contributed by atoms with Gasteiger partial charge in [-0.25, -0.2) is 4.79 Å². The van der Waals surface area contributed by atoms with E-state index in [2.05, 4.69) is 6.07 Å². The Morgan fingerprint density at radius 2 is 1.63 bits per heavy atom. The van der Waals surface area contributed by atoms with Crippen LogP contribution in [0.5, 0.6) is 23.0 Å². The summed E-state index contributed by atoms with van der Waals surface area (Å²) in [6.45, 7) is 4.05. The minimum absolute atomic E-state index is 0.00499. The van der Waals surface area contributed by atoms with Crippen molar-refractivity contribution < 1.29 is 23.7 Å². The standard InChI is InChI=1S/C33H27ClN2O5/c1-20-3-5-22(6-4-20)18-38-24-9-7-23(8-10-24)32-27-13-11-26(16-30(27)41-33(36)28(32)17-35)40-31(37)19-39-25-12-14-29(34)21(2)15-25/h3-16,32H,18-19,36H2,1-2H3. The second-order valence-corrected chi connectivity index (χ2v) is 10.0. The van der Waals surface area contributed by atoms with Gasteiger partial charge in [-0.3, -0.25) is 0 Å². The second-order valence-electron chi connectivity index (χ2n) is 9.64. The second kappa shape index (κ2) is 12.1. The van der Waals surface area contributed by atoms with E-state index in [4.69, 9.17) is 36.3 Å². The molecule has 4 aromatic carbocycles. The van der Waals surface area contributed by atoms with Crippen molar-refractivity contribution in [3.8, 4) is 29.1 Å². The van der Waals surface area contributed by atoms with E-state index in [9.17, 15) is 10.1 Å². The van der Waals surface area contributed by atoms with Crippen LogP contribution in [0, 0.1) is 25.2 Å². The first kappa shape index (κ1) is 27.6. The lowest BCUT2D eigenvalue weighted by Crippen LogP contribution is -2.21. The number of esters is 1. The Morgan fingerprint density at radius 3 is 2.34 bits per heavy atom. The van der Waals surface area contributed by atoms with Crippen molar-refractivity contribution in [2.24, 2.45) is 5.73 Å². The van der Waals surface area contributed by atoms with Gasteiger partial charge in [0.15, 0.2) is 6.61 Å². The van der Waals surface area contributed by atoms with Crippen LogP contribution in [0.4, 0.5) is 0 Å². The number of aryl methyl sites for hydroxylation is 2. The van der Waals surface area contributed by atoms with Crippen molar-refractivity contribution in [3.05, 3.63) is 129 Å². The number of ether oxygens (including phenoxy) is 4. The van der Waals surface area contributed by atoms with Gasteiger partial charge < -0.3 is 24.7 Å². The smallest absolute Gasteiger partial charge is 0.349 e. The number of hydrogen-bond acceptors (Lipinski definition) is 7. The fraction of sp³-hybridized carbons (Fsp3) is 0.152. The summed E-state index contributed by atoms with van der Waals surface area (Å²) in [6, 6.07) is 28.0. The lowest BCUT2D eigenvalue weighted by molar-refractivity contribution is -0.136. The molecule has 0 aliphatic carbocycles. The highest BCUT2D eigenvalue weighted by Gasteiger charge is 2.31. The van der Waals surface area contributed by atoms with Gasteiger partial charge in [0.05, 0.1) is 5.92 Å². The van der Waals surface area contributed by atoms with E-state index in [0.717, 1.165) is 22.3 Å². The van der Waals surface area contributed by atoms with Gasteiger partial charge in [0.1, 0.15) is 41.2 Å². The lowest BCUT2D eigenvalue weighted by Gasteiger charge is -2.26. The molecule has 0 aromatic heterocycles. The first-order valence-corrected chi connectivity index (χ1v) is 13.3. The highest BCUT2D eigenvalue weighted by Crippen LogP contribution is 2.43. The van der Waals surface area contributed by atoms with Crippen molar-refractivity contribution in [1.82, 2.24) is 0 Å². The maximum absolute atomic E-state index is 12.4. The predicted octanol–water partition coefficient (Wildman–Crippen LogP) is 6.74. The van der Waals surface area contributed by atoms with Gasteiger partial charge in [-0.2, -0.15) is 5.26 Å². The highest BCUT2D eigenvalue weighted by atomic mass is 35.5. The van der Waals surface area contributed by atoms with Crippen molar-refractivity contribution in [3.63, 3.8) is 0 Å². The molecule has 1 aliphatic heterocycles. The maximum Gasteiger partial charge on any atom is 0.349 e. The zero-order chi connectivity index (χ0) is 28.9. The number of halogens is 1. The lowest BCUT2D eigenvalue weighted by atomic mass is 9.83. The Labute approximate surface area is 243 Å². The number of hydrogen-bond donors (Lipinski definition) is 1. The number of rotatable bonds is 8. The van der Waals surface area contributed by atoms with Crippen LogP contribution in [0.1, 0.15) is 33.7 Å². The molecule has 206 valence electrons. The van der Waals surface area contributed by atoms with Gasteiger partial charge in [0.25, 0.3) is 0 Å². The summed E-state index contributed by atoms with van der Waals surface area (Å²) in [6.07, 6.45) is 0. The molecule has 2 N–H and O–H groups in total. The Kier molecular flexibility index (Phi) is 8.14. The Balaban J connectivity index is 1.29. The van der Waals surface area contributed by atoms with Gasteiger partial charge in [-0.15, -0.1) is 0 Å². The van der Waals surface area contributed by atoms with Crippen LogP contribution in [-0.2, 0) is 11.4 Å². The number of nitriles is 1. The van der Waals surface area contributed by atoms with E-state index in [1.807, 2.05) is 62.4 Å². The SMILES string of the molecule is Cc1ccc(COc2ccc(C3C(C#N)=C(N)Oc4cc(OC(=O)COc5ccc(Cl)c(C)c5)ccc43)cc2)cc1. The van der Waals surface area contributed by atoms with E-state index >= 15 is 0 Å². The molecule has 1 aliphatic rings. The van der Waals surface area contributed by atoms with Crippen LogP contribution in [0.2, 0.25) is 5.02 Å². The number of nitrogens with zero attached hydrogens (tertiary/aromatic N) is 1. The molecule has 0 fully saturated rings. The zero-order valence-corrected chi connectivity index (χ0v) is 23.3. The average Bonchev–Trinajstić information content (AvgIpc) is 2.97. The van der Waals surface area contributed by atoms with Gasteiger partial charge in [-0.1, -0.05) is 59.6 Å². The molecular formula is C33H27ClN2O5. The molecule has 0 amide bonds. The fourth-order valence-corrected chi connectivity index (χ4v) is 4.58. The molecule has 4 aromatic rings. The van der Waals surface area contributed by atoms with Gasteiger partial charge in [0, 0.05) is 16.7 Å². The van der Waals surface area contributed by atoms with Crippen molar-refractivity contribution in [2.75, 3.05) is 6.61 Å². The van der Waals surface area contributed by atoms with Crippen LogP contribution in [0.15, 0.2) is 96.4 Å². The molecule has 0 spiro atoms. The van der Waals surface area contributed by atoms with Crippen LogP contribution >= 0.6 is 11.6 Å². The minimum atomic E-state index is -0.590. The summed E-state index contributed by atoms with van der Waals surface area (Å²) in [4.78, 5) is 12.4. The fourth-order valence-electron chi connectivity index (χ4n) is 4.46. The third-order valence-corrected chi connectivity index (χ3v) is 7.07. The molecule has 8 heteroatoms. The summed E-state index contributed by atoms with van der Waals surface area (Å²) in [5.41, 5.74) is 11.1. The number of carbonyl (C=O) groups is 1. The van der Waals surface area contributed by atoms with Gasteiger partial charge in [0.2, 0.25) is 5.88 Å². The molecule has 0 saturated heterocycles. The molecule has 7 nitrogen and oxygen atoms in total. The summed E-state index contributed by atoms with van der Waals surface area (Å²) in [7, 11) is 0. The van der Waals surface area contributed by atoms with E-state index in [0.29, 0.717) is 34.5 Å². The maximum atomic E-state index is 12.4. The molecule has 0 saturated carbocycles. The number of benzene rings is 4. The molecule has 1 unspecified atom stereocenters. The molecule has 0 bridgehead atoms. The Morgan fingerprint density at radius 1 is 0.927 bits per heavy atom. The molecule has 5 rings (SSSR count). The van der Waals surface area contributed by atoms with Crippen LogP contribution < -0.4 is 24.7 Å². The first-order valence-electron chi connectivity index (χ1n) is 12.9. The molecule has 0 radical (unpaired) electrons. The highest BCUT2D eigenvalue weighted by molar-refractivity contribution is 6.31. The quantitative estimate of drug-likeness (QED) is 0.186. The summed E-state index contributed by atoms with van der Waals surface area (Å²) in [5, 5.41) is 10.5. The predicted molar refractivity (Wildman–Crippen MR) is 155 cm³/mol. The van der Waals surface area contributed by atoms with Crippen molar-refractivity contribution >= 4 is 17.6 Å². The molecule has 1 atom stereocenters. The number of allylic oxidation sites excluding steroid dienone is 1. The summed E-state index contributed by atoms with van der Waals surface area (Å²) < 4.78 is 22.7. The third kappa shape index (κ3) is 6.46. The number of nitrogens with two attached hydrogens (primary N) is 1. The van der Waals surface area contributed by atoms with Crippen LogP contribution in [-0.4, -0.2) is 12.6 Å². The van der Waals surface area contributed by atoms with E-state index in [1.165, 1.54) is 5.56 Å². The van der Waals surface area contributed by atoms with Crippen molar-refractivity contribution in [2.45, 2.75) is 26.4 Å². The van der Waals surface area contributed by atoms with Crippen molar-refractivity contribution in [1.29, 1.82) is 5.26 Å².